The second kappa shape index (κ2) is 6.38. The topological polar surface area (TPSA) is 29.3 Å². The zero-order chi connectivity index (χ0) is 12.1. The number of nitrogens with zero attached hydrogens (tertiary/aromatic N) is 1. The van der Waals surface area contributed by atoms with Gasteiger partial charge in [0.15, 0.2) is 0 Å². The van der Waals surface area contributed by atoms with Gasteiger partial charge < -0.3 is 10.6 Å². The van der Waals surface area contributed by atoms with Crippen LogP contribution in [0, 0.1) is 5.92 Å². The molecule has 0 saturated carbocycles. The van der Waals surface area contributed by atoms with Crippen LogP contribution in [-0.2, 0) is 0 Å². The Kier molecular flexibility index (Phi) is 5.46. The quantitative estimate of drug-likeness (QED) is 0.901. The van der Waals surface area contributed by atoms with E-state index in [0.717, 1.165) is 17.4 Å². The summed E-state index contributed by atoms with van der Waals surface area (Å²) in [5, 5.41) is 0. The monoisotopic (exact) mass is 284 g/mol. The van der Waals surface area contributed by atoms with E-state index in [1.165, 1.54) is 5.56 Å². The van der Waals surface area contributed by atoms with Crippen LogP contribution in [0.2, 0.25) is 0 Å². The van der Waals surface area contributed by atoms with Crippen molar-refractivity contribution in [2.24, 2.45) is 11.7 Å². The van der Waals surface area contributed by atoms with Crippen molar-refractivity contribution < 1.29 is 0 Å². The van der Waals surface area contributed by atoms with Gasteiger partial charge in [0.05, 0.1) is 0 Å². The molecule has 1 aromatic rings. The van der Waals surface area contributed by atoms with E-state index in [0.29, 0.717) is 12.0 Å². The van der Waals surface area contributed by atoms with Gasteiger partial charge in [-0.05, 0) is 50.7 Å². The van der Waals surface area contributed by atoms with Gasteiger partial charge >= 0.3 is 0 Å². The first-order valence-corrected chi connectivity index (χ1v) is 6.47. The van der Waals surface area contributed by atoms with Gasteiger partial charge in [-0.2, -0.15) is 0 Å². The fraction of sp³-hybridized carbons (Fsp3) is 0.538. The summed E-state index contributed by atoms with van der Waals surface area (Å²) in [4.78, 5) is 2.27. The first-order valence-electron chi connectivity index (χ1n) is 5.68. The lowest BCUT2D eigenvalue weighted by molar-refractivity contribution is 0.217. The van der Waals surface area contributed by atoms with Gasteiger partial charge in [0.1, 0.15) is 0 Å². The average molecular weight is 285 g/mol. The van der Waals surface area contributed by atoms with E-state index in [4.69, 9.17) is 5.73 Å². The minimum Gasteiger partial charge on any atom is -0.330 e. The molecule has 0 fully saturated rings. The molecule has 0 amide bonds. The number of hydrogen-bond acceptors (Lipinski definition) is 2. The Labute approximate surface area is 107 Å². The number of hydrogen-bond donors (Lipinski definition) is 1. The summed E-state index contributed by atoms with van der Waals surface area (Å²) in [6, 6.07) is 8.95. The van der Waals surface area contributed by atoms with Crippen molar-refractivity contribution in [3.05, 3.63) is 34.3 Å². The Morgan fingerprint density at radius 2 is 2.06 bits per heavy atom. The number of nitrogens with two attached hydrogens (primary N) is 1. The van der Waals surface area contributed by atoms with Gasteiger partial charge in [-0.1, -0.05) is 35.0 Å². The van der Waals surface area contributed by atoms with E-state index in [1.807, 2.05) is 0 Å². The summed E-state index contributed by atoms with van der Waals surface area (Å²) in [5.74, 6) is 0.564. The molecule has 0 radical (unpaired) electrons. The van der Waals surface area contributed by atoms with Gasteiger partial charge in [0.2, 0.25) is 0 Å². The Hall–Kier alpha value is -0.380. The molecule has 3 heteroatoms. The van der Waals surface area contributed by atoms with E-state index in [-0.39, 0.29) is 0 Å². The van der Waals surface area contributed by atoms with Crippen molar-refractivity contribution in [1.29, 1.82) is 0 Å². The summed E-state index contributed by atoms with van der Waals surface area (Å²) < 4.78 is 1.14. The molecule has 0 aliphatic heterocycles. The van der Waals surface area contributed by atoms with Crippen molar-refractivity contribution in [3.63, 3.8) is 0 Å². The summed E-state index contributed by atoms with van der Waals surface area (Å²) in [6.07, 6.45) is 1.05. The van der Waals surface area contributed by atoms with Gasteiger partial charge in [-0.3, -0.25) is 0 Å². The molecule has 90 valence electrons. The predicted octanol–water partition coefficient (Wildman–Crippen LogP) is 3.04. The van der Waals surface area contributed by atoms with Crippen LogP contribution in [0.5, 0.6) is 0 Å². The highest BCUT2D eigenvalue weighted by atomic mass is 79.9. The molecule has 1 rings (SSSR count). The molecule has 1 aromatic carbocycles. The summed E-state index contributed by atoms with van der Waals surface area (Å²) >= 11 is 3.52. The molecule has 0 aliphatic rings. The molecule has 2 nitrogen and oxygen atoms in total. The van der Waals surface area contributed by atoms with Crippen LogP contribution in [0.3, 0.4) is 0 Å². The van der Waals surface area contributed by atoms with Gasteiger partial charge in [-0.15, -0.1) is 0 Å². The summed E-state index contributed by atoms with van der Waals surface area (Å²) in [7, 11) is 4.25. The van der Waals surface area contributed by atoms with Crippen molar-refractivity contribution in [2.45, 2.75) is 19.4 Å². The highest BCUT2D eigenvalue weighted by molar-refractivity contribution is 9.10. The predicted molar refractivity (Wildman–Crippen MR) is 73.4 cm³/mol. The van der Waals surface area contributed by atoms with Crippen molar-refractivity contribution in [3.8, 4) is 0 Å². The number of halogens is 1. The first-order chi connectivity index (χ1) is 7.56. The average Bonchev–Trinajstić information content (AvgIpc) is 2.17. The van der Waals surface area contributed by atoms with Crippen LogP contribution in [0.1, 0.15) is 24.9 Å². The van der Waals surface area contributed by atoms with E-state index >= 15 is 0 Å². The molecular weight excluding hydrogens is 264 g/mol. The normalized spacial score (nSPS) is 15.1. The molecule has 16 heavy (non-hydrogen) atoms. The standard InChI is InChI=1S/C13H21BrN2/c1-10(7-8-15)13(16(2)3)11-5-4-6-12(14)9-11/h4-6,9-10,13H,7-8,15H2,1-3H3. The van der Waals surface area contributed by atoms with Crippen molar-refractivity contribution >= 4 is 15.9 Å². The zero-order valence-corrected chi connectivity index (χ0v) is 11.9. The largest absolute Gasteiger partial charge is 0.330 e. The van der Waals surface area contributed by atoms with Gasteiger partial charge in [-0.25, -0.2) is 0 Å². The maximum Gasteiger partial charge on any atom is 0.0368 e. The zero-order valence-electron chi connectivity index (χ0n) is 10.3. The second-order valence-electron chi connectivity index (χ2n) is 4.52. The molecule has 0 spiro atoms. The fourth-order valence-electron chi connectivity index (χ4n) is 2.25. The Morgan fingerprint density at radius 1 is 1.38 bits per heavy atom. The fourth-order valence-corrected chi connectivity index (χ4v) is 2.66. The summed E-state index contributed by atoms with van der Waals surface area (Å²) in [6.45, 7) is 3.01. The summed E-state index contributed by atoms with van der Waals surface area (Å²) in [5.41, 5.74) is 7.00. The Morgan fingerprint density at radius 3 is 2.56 bits per heavy atom. The first kappa shape index (κ1) is 13.7. The molecule has 0 aliphatic carbocycles. The van der Waals surface area contributed by atoms with Gasteiger partial charge in [0.25, 0.3) is 0 Å². The highest BCUT2D eigenvalue weighted by Crippen LogP contribution is 2.30. The highest BCUT2D eigenvalue weighted by Gasteiger charge is 2.20. The van der Waals surface area contributed by atoms with Crippen LogP contribution in [0.15, 0.2) is 28.7 Å². The van der Waals surface area contributed by atoms with Gasteiger partial charge in [0, 0.05) is 10.5 Å². The maximum absolute atomic E-state index is 5.65. The van der Waals surface area contributed by atoms with Crippen LogP contribution in [0.4, 0.5) is 0 Å². The third kappa shape index (κ3) is 3.58. The lowest BCUT2D eigenvalue weighted by Crippen LogP contribution is -2.27. The van der Waals surface area contributed by atoms with E-state index in [1.54, 1.807) is 0 Å². The minimum absolute atomic E-state index is 0.432. The third-order valence-corrected chi connectivity index (χ3v) is 3.40. The molecule has 0 saturated heterocycles. The lowest BCUT2D eigenvalue weighted by atomic mass is 9.91. The van der Waals surface area contributed by atoms with E-state index in [9.17, 15) is 0 Å². The molecule has 2 unspecified atom stereocenters. The maximum atomic E-state index is 5.65. The Bertz CT molecular complexity index is 325. The molecule has 2 N–H and O–H groups in total. The molecular formula is C13H21BrN2. The van der Waals surface area contributed by atoms with Crippen molar-refractivity contribution in [1.82, 2.24) is 4.90 Å². The van der Waals surface area contributed by atoms with Crippen molar-refractivity contribution in [2.75, 3.05) is 20.6 Å². The molecule has 0 heterocycles. The molecule has 0 aromatic heterocycles. The van der Waals surface area contributed by atoms with Crippen LogP contribution >= 0.6 is 15.9 Å². The molecule has 0 bridgehead atoms. The Balaban J connectivity index is 2.93. The second-order valence-corrected chi connectivity index (χ2v) is 5.43. The van der Waals surface area contributed by atoms with Crippen LogP contribution in [0.25, 0.3) is 0 Å². The third-order valence-electron chi connectivity index (χ3n) is 2.91. The SMILES string of the molecule is CC(CCN)C(c1cccc(Br)c1)N(C)C. The van der Waals surface area contributed by atoms with Crippen LogP contribution in [-0.4, -0.2) is 25.5 Å². The van der Waals surface area contributed by atoms with E-state index < -0.39 is 0 Å². The number of rotatable bonds is 5. The molecule has 2 atom stereocenters. The minimum atomic E-state index is 0.432. The van der Waals surface area contributed by atoms with E-state index in [2.05, 4.69) is 66.1 Å². The number of benzene rings is 1. The van der Waals surface area contributed by atoms with Crippen LogP contribution < -0.4 is 5.73 Å². The lowest BCUT2D eigenvalue weighted by Gasteiger charge is -2.30. The smallest absolute Gasteiger partial charge is 0.0368 e.